The SMILES string of the molecule is O=C(NC(CO)(CO)CO)c1cn(C2CCNCC2)nn1. The molecule has 9 heteroatoms. The van der Waals surface area contributed by atoms with Crippen molar-refractivity contribution in [3.8, 4) is 0 Å². The molecule has 0 aromatic carbocycles. The molecule has 1 aromatic heterocycles. The Kier molecular flexibility index (Phi) is 5.23. The van der Waals surface area contributed by atoms with Crippen LogP contribution in [0, 0.1) is 0 Å². The molecule has 1 amide bonds. The second-order valence-electron chi connectivity index (χ2n) is 5.27. The van der Waals surface area contributed by atoms with E-state index in [-0.39, 0.29) is 11.7 Å². The zero-order valence-electron chi connectivity index (χ0n) is 11.7. The first-order chi connectivity index (χ1) is 10.1. The van der Waals surface area contributed by atoms with Crippen molar-refractivity contribution in [3.63, 3.8) is 0 Å². The predicted molar refractivity (Wildman–Crippen MR) is 72.6 cm³/mol. The Balaban J connectivity index is 2.04. The van der Waals surface area contributed by atoms with E-state index in [2.05, 4.69) is 20.9 Å². The zero-order valence-corrected chi connectivity index (χ0v) is 11.7. The number of piperidine rings is 1. The fraction of sp³-hybridized carbons (Fsp3) is 0.750. The van der Waals surface area contributed by atoms with E-state index in [1.165, 1.54) is 0 Å². The molecule has 0 radical (unpaired) electrons. The van der Waals surface area contributed by atoms with E-state index in [0.717, 1.165) is 25.9 Å². The monoisotopic (exact) mass is 299 g/mol. The van der Waals surface area contributed by atoms with Crippen molar-refractivity contribution >= 4 is 5.91 Å². The number of rotatable bonds is 6. The first-order valence-corrected chi connectivity index (χ1v) is 6.92. The second-order valence-corrected chi connectivity index (χ2v) is 5.27. The highest BCUT2D eigenvalue weighted by Gasteiger charge is 2.31. The van der Waals surface area contributed by atoms with E-state index in [9.17, 15) is 20.1 Å². The highest BCUT2D eigenvalue weighted by molar-refractivity contribution is 5.92. The maximum Gasteiger partial charge on any atom is 0.274 e. The van der Waals surface area contributed by atoms with E-state index in [0.29, 0.717) is 0 Å². The molecule has 0 atom stereocenters. The number of hydrogen-bond donors (Lipinski definition) is 5. The van der Waals surface area contributed by atoms with Crippen LogP contribution in [0.3, 0.4) is 0 Å². The standard InChI is InChI=1S/C12H21N5O4/c18-6-12(7-19,8-20)14-11(21)10-5-17(16-15-10)9-1-3-13-4-2-9/h5,9,13,18-20H,1-4,6-8H2,(H,14,21). The van der Waals surface area contributed by atoms with E-state index in [1.807, 2.05) is 0 Å². The Bertz CT molecular complexity index is 460. The molecule has 1 aliphatic rings. The van der Waals surface area contributed by atoms with Gasteiger partial charge in [0.1, 0.15) is 5.54 Å². The molecule has 1 fully saturated rings. The van der Waals surface area contributed by atoms with Gasteiger partial charge in [0.05, 0.1) is 32.1 Å². The molecule has 0 saturated carbocycles. The van der Waals surface area contributed by atoms with Crippen LogP contribution in [0.2, 0.25) is 0 Å². The summed E-state index contributed by atoms with van der Waals surface area (Å²) in [4.78, 5) is 12.1. The van der Waals surface area contributed by atoms with Gasteiger partial charge in [-0.05, 0) is 25.9 Å². The average Bonchev–Trinajstić information content (AvgIpc) is 3.04. The summed E-state index contributed by atoms with van der Waals surface area (Å²) in [5.74, 6) is -0.590. The molecule has 5 N–H and O–H groups in total. The third-order valence-corrected chi connectivity index (χ3v) is 3.71. The van der Waals surface area contributed by atoms with Gasteiger partial charge in [-0.1, -0.05) is 5.21 Å². The van der Waals surface area contributed by atoms with Crippen LogP contribution in [0.15, 0.2) is 6.20 Å². The molecule has 0 unspecified atom stereocenters. The molecule has 21 heavy (non-hydrogen) atoms. The minimum absolute atomic E-state index is 0.0910. The summed E-state index contributed by atoms with van der Waals surface area (Å²) >= 11 is 0. The zero-order chi connectivity index (χ0) is 15.3. The van der Waals surface area contributed by atoms with Gasteiger partial charge in [0, 0.05) is 0 Å². The van der Waals surface area contributed by atoms with Crippen molar-refractivity contribution in [1.29, 1.82) is 0 Å². The molecule has 2 rings (SSSR count). The predicted octanol–water partition coefficient (Wildman–Crippen LogP) is -2.35. The average molecular weight is 299 g/mol. The summed E-state index contributed by atoms with van der Waals surface area (Å²) in [6.07, 6.45) is 3.37. The minimum Gasteiger partial charge on any atom is -0.394 e. The van der Waals surface area contributed by atoms with Crippen molar-refractivity contribution in [2.45, 2.75) is 24.4 Å². The summed E-state index contributed by atoms with van der Waals surface area (Å²) < 4.78 is 1.66. The van der Waals surface area contributed by atoms with Crippen molar-refractivity contribution in [2.24, 2.45) is 0 Å². The summed E-state index contributed by atoms with van der Waals surface area (Å²) in [5, 5.41) is 41.0. The van der Waals surface area contributed by atoms with Gasteiger partial charge in [0.15, 0.2) is 5.69 Å². The van der Waals surface area contributed by atoms with E-state index < -0.39 is 31.3 Å². The molecule has 0 aliphatic carbocycles. The van der Waals surface area contributed by atoms with Crippen LogP contribution >= 0.6 is 0 Å². The number of amides is 1. The van der Waals surface area contributed by atoms with Crippen LogP contribution in [0.25, 0.3) is 0 Å². The number of nitrogens with one attached hydrogen (secondary N) is 2. The quantitative estimate of drug-likeness (QED) is 0.397. The van der Waals surface area contributed by atoms with Crippen LogP contribution in [0.4, 0.5) is 0 Å². The van der Waals surface area contributed by atoms with Gasteiger partial charge >= 0.3 is 0 Å². The molecule has 118 valence electrons. The van der Waals surface area contributed by atoms with Crippen molar-refractivity contribution < 1.29 is 20.1 Å². The van der Waals surface area contributed by atoms with Gasteiger partial charge < -0.3 is 26.0 Å². The van der Waals surface area contributed by atoms with Crippen molar-refractivity contribution in [3.05, 3.63) is 11.9 Å². The van der Waals surface area contributed by atoms with Gasteiger partial charge in [0.25, 0.3) is 5.91 Å². The highest BCUT2D eigenvalue weighted by Crippen LogP contribution is 2.17. The van der Waals surface area contributed by atoms with Gasteiger partial charge in [-0.25, -0.2) is 4.68 Å². The van der Waals surface area contributed by atoms with Gasteiger partial charge in [-0.3, -0.25) is 4.79 Å². The molecule has 1 aliphatic heterocycles. The van der Waals surface area contributed by atoms with E-state index in [4.69, 9.17) is 0 Å². The maximum absolute atomic E-state index is 12.1. The molecule has 0 bridgehead atoms. The lowest BCUT2D eigenvalue weighted by Gasteiger charge is -2.28. The Labute approximate surface area is 122 Å². The highest BCUT2D eigenvalue weighted by atomic mass is 16.3. The Morgan fingerprint density at radius 2 is 1.95 bits per heavy atom. The molecule has 9 nitrogen and oxygen atoms in total. The lowest BCUT2D eigenvalue weighted by atomic mass is 10.0. The number of nitrogens with zero attached hydrogens (tertiary/aromatic N) is 3. The second kappa shape index (κ2) is 6.94. The topological polar surface area (TPSA) is 133 Å². The lowest BCUT2D eigenvalue weighted by molar-refractivity contribution is 0.0373. The first-order valence-electron chi connectivity index (χ1n) is 6.92. The van der Waals surface area contributed by atoms with Gasteiger partial charge in [0.2, 0.25) is 0 Å². The lowest BCUT2D eigenvalue weighted by Crippen LogP contribution is -2.57. The molecule has 1 saturated heterocycles. The van der Waals surface area contributed by atoms with Gasteiger partial charge in [-0.15, -0.1) is 5.10 Å². The normalized spacial score (nSPS) is 16.9. The molecule has 1 aromatic rings. The maximum atomic E-state index is 12.1. The van der Waals surface area contributed by atoms with E-state index in [1.54, 1.807) is 10.9 Å². The summed E-state index contributed by atoms with van der Waals surface area (Å²) in [7, 11) is 0. The number of carbonyl (C=O) groups excluding carboxylic acids is 1. The molecular weight excluding hydrogens is 278 g/mol. The fourth-order valence-electron chi connectivity index (χ4n) is 2.20. The molecule has 2 heterocycles. The summed E-state index contributed by atoms with van der Waals surface area (Å²) in [6, 6.07) is 0.207. The van der Waals surface area contributed by atoms with Crippen LogP contribution in [0.1, 0.15) is 29.4 Å². The molecular formula is C12H21N5O4. The smallest absolute Gasteiger partial charge is 0.274 e. The number of hydrogen-bond acceptors (Lipinski definition) is 7. The van der Waals surface area contributed by atoms with Crippen LogP contribution in [-0.2, 0) is 0 Å². The summed E-state index contributed by atoms with van der Waals surface area (Å²) in [6.45, 7) is 0.0694. The number of aliphatic hydroxyl groups is 3. The Morgan fingerprint density at radius 3 is 2.52 bits per heavy atom. The number of carbonyl (C=O) groups is 1. The Hall–Kier alpha value is -1.55. The largest absolute Gasteiger partial charge is 0.394 e. The van der Waals surface area contributed by atoms with Crippen LogP contribution < -0.4 is 10.6 Å². The number of aromatic nitrogens is 3. The molecule has 0 spiro atoms. The van der Waals surface area contributed by atoms with Crippen molar-refractivity contribution in [1.82, 2.24) is 25.6 Å². The van der Waals surface area contributed by atoms with Crippen LogP contribution in [-0.4, -0.2) is 74.7 Å². The third kappa shape index (κ3) is 3.56. The Morgan fingerprint density at radius 1 is 1.33 bits per heavy atom. The summed E-state index contributed by atoms with van der Waals surface area (Å²) in [5.41, 5.74) is -1.37. The first kappa shape index (κ1) is 15.8. The fourth-order valence-corrected chi connectivity index (χ4v) is 2.20. The number of aliphatic hydroxyl groups excluding tert-OH is 3. The minimum atomic E-state index is -1.46. The van der Waals surface area contributed by atoms with Crippen LogP contribution in [0.5, 0.6) is 0 Å². The van der Waals surface area contributed by atoms with Crippen molar-refractivity contribution in [2.75, 3.05) is 32.9 Å². The third-order valence-electron chi connectivity index (χ3n) is 3.71. The van der Waals surface area contributed by atoms with Gasteiger partial charge in [-0.2, -0.15) is 0 Å². The van der Waals surface area contributed by atoms with E-state index >= 15 is 0 Å².